The van der Waals surface area contributed by atoms with Crippen LogP contribution in [0.4, 0.5) is 5.95 Å². The third-order valence-electron chi connectivity index (χ3n) is 5.48. The fraction of sp³-hybridized carbons (Fsp3) is 0.500. The highest BCUT2D eigenvalue weighted by atomic mass is 35.5. The predicted octanol–water partition coefficient (Wildman–Crippen LogP) is 5.87. The lowest BCUT2D eigenvalue weighted by Gasteiger charge is -2.38. The first-order valence-corrected chi connectivity index (χ1v) is 11.6. The van der Waals surface area contributed by atoms with Crippen LogP contribution in [0.5, 0.6) is 0 Å². The molecule has 0 fully saturated rings. The molecule has 2 aliphatic rings. The molecule has 7 heteroatoms. The van der Waals surface area contributed by atoms with Crippen LogP contribution in [-0.4, -0.2) is 26.3 Å². The number of nitrogens with zero attached hydrogens (tertiary/aromatic N) is 3. The number of fused-ring (bicyclic) bond motifs is 1. The molecule has 4 rings (SSSR count). The Morgan fingerprint density at radius 3 is 2.72 bits per heavy atom. The first-order chi connectivity index (χ1) is 13.9. The molecule has 0 amide bonds. The molecule has 154 valence electrons. The zero-order valence-corrected chi connectivity index (χ0v) is 18.7. The molecule has 1 aromatic carbocycles. The molecule has 1 aromatic heterocycles. The van der Waals surface area contributed by atoms with E-state index >= 15 is 0 Å². The van der Waals surface area contributed by atoms with Crippen molar-refractivity contribution in [1.29, 1.82) is 0 Å². The zero-order chi connectivity index (χ0) is 20.6. The number of halogens is 1. The summed E-state index contributed by atoms with van der Waals surface area (Å²) >= 11 is 7.79. The van der Waals surface area contributed by atoms with Crippen molar-refractivity contribution in [3.05, 3.63) is 46.1 Å². The first kappa shape index (κ1) is 20.5. The van der Waals surface area contributed by atoms with Gasteiger partial charge in [0.1, 0.15) is 6.04 Å². The fourth-order valence-corrected chi connectivity index (χ4v) is 5.07. The molecule has 1 atom stereocenters. The lowest BCUT2D eigenvalue weighted by Crippen LogP contribution is -2.36. The maximum absolute atomic E-state index is 13.2. The topological polar surface area (TPSA) is 59.8 Å². The van der Waals surface area contributed by atoms with E-state index in [1.807, 2.05) is 28.9 Å². The van der Waals surface area contributed by atoms with Gasteiger partial charge < -0.3 is 5.32 Å². The zero-order valence-electron chi connectivity index (χ0n) is 17.2. The van der Waals surface area contributed by atoms with Gasteiger partial charge in [-0.15, -0.1) is 5.10 Å². The van der Waals surface area contributed by atoms with Gasteiger partial charge in [0.15, 0.2) is 5.78 Å². The normalized spacial score (nSPS) is 20.3. The SMILES string of the molecule is CCCCCSc1nc2n(n1)[C@@H](c1ccc(Cl)cc1)C1=C(CC(C)(C)CC1=O)N2. The molecule has 0 unspecified atom stereocenters. The Bertz CT molecular complexity index is 948. The molecule has 0 spiro atoms. The highest BCUT2D eigenvalue weighted by molar-refractivity contribution is 7.99. The van der Waals surface area contributed by atoms with Gasteiger partial charge in [-0.1, -0.05) is 69.1 Å². The molecular formula is C22H27ClN4OS. The van der Waals surface area contributed by atoms with Crippen LogP contribution < -0.4 is 5.32 Å². The van der Waals surface area contributed by atoms with Crippen molar-refractivity contribution in [3.8, 4) is 0 Å². The van der Waals surface area contributed by atoms with Gasteiger partial charge in [0.2, 0.25) is 11.1 Å². The summed E-state index contributed by atoms with van der Waals surface area (Å²) in [4.78, 5) is 17.9. The number of carbonyl (C=O) groups is 1. The third kappa shape index (κ3) is 4.24. The molecule has 0 bridgehead atoms. The van der Waals surface area contributed by atoms with Gasteiger partial charge in [-0.25, -0.2) is 4.68 Å². The smallest absolute Gasteiger partial charge is 0.227 e. The van der Waals surface area contributed by atoms with Crippen LogP contribution in [-0.2, 0) is 4.79 Å². The average Bonchev–Trinajstić information content (AvgIpc) is 3.06. The molecular weight excluding hydrogens is 404 g/mol. The van der Waals surface area contributed by atoms with E-state index in [1.54, 1.807) is 11.8 Å². The summed E-state index contributed by atoms with van der Waals surface area (Å²) in [6, 6.07) is 7.44. The number of unbranched alkanes of at least 4 members (excludes halogenated alkanes) is 2. The van der Waals surface area contributed by atoms with E-state index in [4.69, 9.17) is 21.7 Å². The molecule has 2 aromatic rings. The van der Waals surface area contributed by atoms with Crippen LogP contribution in [0.25, 0.3) is 0 Å². The molecule has 2 heterocycles. The predicted molar refractivity (Wildman–Crippen MR) is 119 cm³/mol. The summed E-state index contributed by atoms with van der Waals surface area (Å²) in [6.07, 6.45) is 4.93. The van der Waals surface area contributed by atoms with Gasteiger partial charge in [0.05, 0.1) is 0 Å². The van der Waals surface area contributed by atoms with Crippen molar-refractivity contribution in [2.75, 3.05) is 11.1 Å². The Hall–Kier alpha value is -1.79. The molecule has 1 aliphatic carbocycles. The highest BCUT2D eigenvalue weighted by Crippen LogP contribution is 2.45. The van der Waals surface area contributed by atoms with Gasteiger partial charge in [-0.3, -0.25) is 4.79 Å². The number of anilines is 1. The van der Waals surface area contributed by atoms with E-state index in [0.717, 1.165) is 40.6 Å². The quantitative estimate of drug-likeness (QED) is 0.458. The lowest BCUT2D eigenvalue weighted by atomic mass is 9.73. The molecule has 29 heavy (non-hydrogen) atoms. The Morgan fingerprint density at radius 2 is 2.00 bits per heavy atom. The molecule has 1 N–H and O–H groups in total. The van der Waals surface area contributed by atoms with Gasteiger partial charge in [0.25, 0.3) is 0 Å². The van der Waals surface area contributed by atoms with Crippen LogP contribution in [0.1, 0.15) is 64.5 Å². The van der Waals surface area contributed by atoms with Crippen molar-refractivity contribution < 1.29 is 4.79 Å². The Balaban J connectivity index is 1.73. The maximum atomic E-state index is 13.2. The number of rotatable bonds is 6. The maximum Gasteiger partial charge on any atom is 0.227 e. The van der Waals surface area contributed by atoms with Crippen molar-refractivity contribution >= 4 is 35.1 Å². The van der Waals surface area contributed by atoms with Crippen LogP contribution >= 0.6 is 23.4 Å². The summed E-state index contributed by atoms with van der Waals surface area (Å²) in [5.41, 5.74) is 2.73. The van der Waals surface area contributed by atoms with Crippen LogP contribution in [0.15, 0.2) is 40.7 Å². The van der Waals surface area contributed by atoms with E-state index in [2.05, 4.69) is 26.1 Å². The summed E-state index contributed by atoms with van der Waals surface area (Å²) < 4.78 is 1.88. The van der Waals surface area contributed by atoms with E-state index in [-0.39, 0.29) is 17.2 Å². The minimum Gasteiger partial charge on any atom is -0.328 e. The highest BCUT2D eigenvalue weighted by Gasteiger charge is 2.41. The van der Waals surface area contributed by atoms with Crippen LogP contribution in [0.2, 0.25) is 5.02 Å². The van der Waals surface area contributed by atoms with Gasteiger partial charge in [0, 0.05) is 28.5 Å². The van der Waals surface area contributed by atoms with Gasteiger partial charge in [-0.2, -0.15) is 4.98 Å². The number of aromatic nitrogens is 3. The number of benzene rings is 1. The standard InChI is InChI=1S/C22H27ClN4OS/c1-4-5-6-11-29-21-25-20-24-16-12-22(2,3)13-17(28)18(16)19(27(20)26-21)14-7-9-15(23)10-8-14/h7-10,19H,4-6,11-13H2,1-3H3,(H,24,25,26)/t19-/m0/s1. The number of Topliss-reactive ketones (excluding diaryl/α,β-unsaturated/α-hetero) is 1. The minimum absolute atomic E-state index is 0.0621. The summed E-state index contributed by atoms with van der Waals surface area (Å²) in [7, 11) is 0. The molecule has 0 saturated carbocycles. The fourth-order valence-electron chi connectivity index (χ4n) is 4.12. The Labute approximate surface area is 181 Å². The van der Waals surface area contributed by atoms with E-state index in [0.29, 0.717) is 17.4 Å². The number of allylic oxidation sites excluding steroid dienone is 2. The summed E-state index contributed by atoms with van der Waals surface area (Å²) in [5, 5.41) is 9.64. The van der Waals surface area contributed by atoms with E-state index in [9.17, 15) is 4.79 Å². The Morgan fingerprint density at radius 1 is 1.24 bits per heavy atom. The molecule has 0 radical (unpaired) electrons. The second kappa shape index (κ2) is 8.15. The minimum atomic E-state index is -0.264. The molecule has 1 aliphatic heterocycles. The van der Waals surface area contributed by atoms with Crippen LogP contribution in [0.3, 0.4) is 0 Å². The number of hydrogen-bond acceptors (Lipinski definition) is 5. The van der Waals surface area contributed by atoms with Crippen molar-refractivity contribution in [1.82, 2.24) is 14.8 Å². The average molecular weight is 431 g/mol. The third-order valence-corrected chi connectivity index (χ3v) is 6.65. The lowest BCUT2D eigenvalue weighted by molar-refractivity contribution is -0.118. The number of hydrogen-bond donors (Lipinski definition) is 1. The Kier molecular flexibility index (Phi) is 5.76. The number of carbonyl (C=O) groups excluding carboxylic acids is 1. The largest absolute Gasteiger partial charge is 0.328 e. The number of ketones is 1. The van der Waals surface area contributed by atoms with Crippen molar-refractivity contribution in [2.45, 2.75) is 64.1 Å². The van der Waals surface area contributed by atoms with Gasteiger partial charge in [-0.05, 0) is 36.0 Å². The molecule has 5 nitrogen and oxygen atoms in total. The van der Waals surface area contributed by atoms with Gasteiger partial charge >= 0.3 is 0 Å². The monoisotopic (exact) mass is 430 g/mol. The second-order valence-electron chi connectivity index (χ2n) is 8.63. The van der Waals surface area contributed by atoms with E-state index < -0.39 is 0 Å². The van der Waals surface area contributed by atoms with Crippen molar-refractivity contribution in [2.24, 2.45) is 5.41 Å². The van der Waals surface area contributed by atoms with Crippen molar-refractivity contribution in [3.63, 3.8) is 0 Å². The summed E-state index contributed by atoms with van der Waals surface area (Å²) in [6.45, 7) is 6.48. The second-order valence-corrected chi connectivity index (χ2v) is 10.1. The molecule has 0 saturated heterocycles. The number of nitrogens with one attached hydrogen (secondary N) is 1. The number of thioether (sulfide) groups is 1. The van der Waals surface area contributed by atoms with Crippen LogP contribution in [0, 0.1) is 5.41 Å². The van der Waals surface area contributed by atoms with E-state index in [1.165, 1.54) is 12.8 Å². The first-order valence-electron chi connectivity index (χ1n) is 10.3. The summed E-state index contributed by atoms with van der Waals surface area (Å²) in [5.74, 6) is 1.90.